The number of carbonyl (C=O) groups is 1. The molecule has 0 N–H and O–H groups in total. The molecule has 3 heteroatoms. The lowest BCUT2D eigenvalue weighted by Gasteiger charge is -2.05. The second-order valence-electron chi connectivity index (χ2n) is 11.1. The zero-order valence-electron chi connectivity index (χ0n) is 25.8. The molecule has 0 atom stereocenters. The number of methoxy groups -OCH3 is 1. The molecule has 0 unspecified atom stereocenters. The Balaban J connectivity index is 3.10. The van der Waals surface area contributed by atoms with Crippen molar-refractivity contribution >= 4 is 5.97 Å². The molecule has 0 radical (unpaired) electrons. The van der Waals surface area contributed by atoms with E-state index in [0.717, 1.165) is 32.5 Å². The van der Waals surface area contributed by atoms with Crippen LogP contribution in [0.4, 0.5) is 0 Å². The van der Waals surface area contributed by atoms with E-state index in [0.29, 0.717) is 6.42 Å². The molecule has 0 fully saturated rings. The number of hydrogen-bond acceptors (Lipinski definition) is 3. The molecule has 0 heterocycles. The van der Waals surface area contributed by atoms with E-state index in [2.05, 4.69) is 36.0 Å². The van der Waals surface area contributed by atoms with Crippen LogP contribution in [-0.2, 0) is 14.3 Å². The number of ether oxygens (including phenoxy) is 2. The fourth-order valence-electron chi connectivity index (χ4n) is 4.81. The summed E-state index contributed by atoms with van der Waals surface area (Å²) >= 11 is 0. The van der Waals surface area contributed by atoms with Gasteiger partial charge in [0.25, 0.3) is 0 Å². The van der Waals surface area contributed by atoms with Gasteiger partial charge in [0, 0.05) is 19.6 Å². The van der Waals surface area contributed by atoms with Crippen molar-refractivity contribution in [2.75, 3.05) is 20.3 Å². The van der Waals surface area contributed by atoms with Crippen molar-refractivity contribution in [1.29, 1.82) is 0 Å². The van der Waals surface area contributed by atoms with Crippen molar-refractivity contribution in [3.8, 4) is 0 Å². The van der Waals surface area contributed by atoms with Crippen LogP contribution in [0.25, 0.3) is 0 Å². The number of rotatable bonds is 31. The number of allylic oxidation sites excluding steroid dienone is 4. The van der Waals surface area contributed by atoms with E-state index in [1.165, 1.54) is 148 Å². The van der Waals surface area contributed by atoms with Gasteiger partial charge in [-0.15, -0.1) is 0 Å². The summed E-state index contributed by atoms with van der Waals surface area (Å²) in [6.45, 7) is 4.18. The van der Waals surface area contributed by atoms with Gasteiger partial charge in [0.15, 0.2) is 0 Å². The van der Waals surface area contributed by atoms with E-state index in [1.54, 1.807) is 0 Å². The molecule has 0 amide bonds. The maximum atomic E-state index is 11.0. The van der Waals surface area contributed by atoms with Crippen LogP contribution in [0, 0.1) is 0 Å². The van der Waals surface area contributed by atoms with Gasteiger partial charge in [-0.3, -0.25) is 4.79 Å². The maximum absolute atomic E-state index is 11.0. The van der Waals surface area contributed by atoms with E-state index in [-0.39, 0.29) is 5.97 Å². The zero-order chi connectivity index (χ0) is 27.6. The molecule has 0 spiro atoms. The average Bonchev–Trinajstić information content (AvgIpc) is 2.93. The highest BCUT2D eigenvalue weighted by molar-refractivity contribution is 5.68. The first-order valence-corrected chi connectivity index (χ1v) is 16.8. The monoisotopic (exact) mass is 535 g/mol. The molecule has 0 bridgehead atoms. The number of hydrogen-bond donors (Lipinski definition) is 0. The van der Waals surface area contributed by atoms with E-state index >= 15 is 0 Å². The summed E-state index contributed by atoms with van der Waals surface area (Å²) in [4.78, 5) is 11.0. The largest absolute Gasteiger partial charge is 0.469 e. The van der Waals surface area contributed by atoms with Crippen molar-refractivity contribution in [3.63, 3.8) is 0 Å². The first-order valence-electron chi connectivity index (χ1n) is 16.8. The maximum Gasteiger partial charge on any atom is 0.305 e. The number of carbonyl (C=O) groups excluding carboxylic acids is 1. The average molecular weight is 535 g/mol. The summed E-state index contributed by atoms with van der Waals surface area (Å²) in [7, 11) is 1.47. The molecule has 38 heavy (non-hydrogen) atoms. The highest BCUT2D eigenvalue weighted by Crippen LogP contribution is 2.13. The van der Waals surface area contributed by atoms with E-state index in [9.17, 15) is 4.79 Å². The summed E-state index contributed by atoms with van der Waals surface area (Å²) in [5, 5.41) is 0. The molecule has 0 saturated heterocycles. The van der Waals surface area contributed by atoms with Crippen LogP contribution in [0.5, 0.6) is 0 Å². The Kier molecular flexibility index (Phi) is 33.0. The van der Waals surface area contributed by atoms with Crippen molar-refractivity contribution in [1.82, 2.24) is 0 Å². The lowest BCUT2D eigenvalue weighted by molar-refractivity contribution is -0.140. The normalized spacial score (nSPS) is 11.7. The van der Waals surface area contributed by atoms with Crippen LogP contribution in [0.3, 0.4) is 0 Å². The summed E-state index contributed by atoms with van der Waals surface area (Å²) in [5.41, 5.74) is 0. The number of unbranched alkanes of at least 4 members (excludes halogenated alkanes) is 21. The van der Waals surface area contributed by atoms with Crippen LogP contribution in [0.15, 0.2) is 24.3 Å². The third-order valence-corrected chi connectivity index (χ3v) is 7.39. The van der Waals surface area contributed by atoms with Crippen molar-refractivity contribution in [2.24, 2.45) is 0 Å². The lowest BCUT2D eigenvalue weighted by Crippen LogP contribution is -1.99. The SMILES string of the molecule is CCCCCC=CCC=CCCCCCCCCOCCCCCCCCCCCCCCCC(=O)OC. The minimum atomic E-state index is -0.0691. The van der Waals surface area contributed by atoms with Gasteiger partial charge in [0.1, 0.15) is 0 Å². The molecule has 0 saturated carbocycles. The second kappa shape index (κ2) is 33.9. The molecule has 0 aliphatic carbocycles. The van der Waals surface area contributed by atoms with Crippen LogP contribution < -0.4 is 0 Å². The summed E-state index contributed by atoms with van der Waals surface area (Å²) in [6.07, 6.45) is 42.5. The molecule has 0 rings (SSSR count). The number of esters is 1. The Morgan fingerprint density at radius 2 is 0.895 bits per heavy atom. The lowest BCUT2D eigenvalue weighted by atomic mass is 10.0. The molecule has 0 aromatic carbocycles. The predicted molar refractivity (Wildman–Crippen MR) is 167 cm³/mol. The van der Waals surface area contributed by atoms with E-state index < -0.39 is 0 Å². The van der Waals surface area contributed by atoms with Crippen molar-refractivity contribution in [3.05, 3.63) is 24.3 Å². The third kappa shape index (κ3) is 32.9. The topological polar surface area (TPSA) is 35.5 Å². The standard InChI is InChI=1S/C35H66O3/c1-3-4-5-6-7-8-9-10-11-12-15-18-21-24-27-30-33-38-34-31-28-25-22-19-16-13-14-17-20-23-26-29-32-35(36)37-2/h7-8,10-11H,3-6,9,12-34H2,1-2H3. The first-order chi connectivity index (χ1) is 18.8. The van der Waals surface area contributed by atoms with Crippen LogP contribution >= 0.6 is 0 Å². The van der Waals surface area contributed by atoms with Gasteiger partial charge >= 0.3 is 5.97 Å². The van der Waals surface area contributed by atoms with Crippen molar-refractivity contribution in [2.45, 2.75) is 174 Å². The fraction of sp³-hybridized carbons (Fsp3) is 0.857. The molecule has 224 valence electrons. The highest BCUT2D eigenvalue weighted by atomic mass is 16.5. The van der Waals surface area contributed by atoms with Gasteiger partial charge in [0.2, 0.25) is 0 Å². The minimum absolute atomic E-state index is 0.0691. The van der Waals surface area contributed by atoms with Crippen LogP contribution in [-0.4, -0.2) is 26.3 Å². The Hall–Kier alpha value is -1.09. The van der Waals surface area contributed by atoms with Gasteiger partial charge in [-0.05, 0) is 51.4 Å². The quantitative estimate of drug-likeness (QED) is 0.0504. The van der Waals surface area contributed by atoms with E-state index in [4.69, 9.17) is 4.74 Å². The third-order valence-electron chi connectivity index (χ3n) is 7.39. The van der Waals surface area contributed by atoms with Gasteiger partial charge in [-0.25, -0.2) is 0 Å². The Morgan fingerprint density at radius 1 is 0.500 bits per heavy atom. The van der Waals surface area contributed by atoms with Crippen LogP contribution in [0.1, 0.15) is 174 Å². The molecular weight excluding hydrogens is 468 g/mol. The Labute approximate surface area is 238 Å². The zero-order valence-corrected chi connectivity index (χ0v) is 25.8. The second-order valence-corrected chi connectivity index (χ2v) is 11.1. The summed E-state index contributed by atoms with van der Waals surface area (Å²) < 4.78 is 10.5. The van der Waals surface area contributed by atoms with Crippen LogP contribution in [0.2, 0.25) is 0 Å². The Bertz CT molecular complexity index is 511. The Morgan fingerprint density at radius 3 is 1.34 bits per heavy atom. The van der Waals surface area contributed by atoms with Gasteiger partial charge in [0.05, 0.1) is 7.11 Å². The molecule has 0 aliphatic heterocycles. The fourth-order valence-corrected chi connectivity index (χ4v) is 4.81. The summed E-state index contributed by atoms with van der Waals surface area (Å²) in [5.74, 6) is -0.0691. The molecule has 3 nitrogen and oxygen atoms in total. The predicted octanol–water partition coefficient (Wildman–Crippen LogP) is 11.5. The summed E-state index contributed by atoms with van der Waals surface area (Å²) in [6, 6.07) is 0. The highest BCUT2D eigenvalue weighted by Gasteiger charge is 1.99. The van der Waals surface area contributed by atoms with Gasteiger partial charge in [-0.1, -0.05) is 140 Å². The minimum Gasteiger partial charge on any atom is -0.469 e. The molecule has 0 aromatic rings. The van der Waals surface area contributed by atoms with E-state index in [1.807, 2.05) is 0 Å². The molecule has 0 aliphatic rings. The smallest absolute Gasteiger partial charge is 0.305 e. The van der Waals surface area contributed by atoms with Gasteiger partial charge in [-0.2, -0.15) is 0 Å². The van der Waals surface area contributed by atoms with Gasteiger partial charge < -0.3 is 9.47 Å². The molecule has 0 aromatic heterocycles. The van der Waals surface area contributed by atoms with Crippen molar-refractivity contribution < 1.29 is 14.3 Å². The first kappa shape index (κ1) is 36.9. The molecular formula is C35H66O3.